The molecule has 1 heterocycles. The first-order valence-corrected chi connectivity index (χ1v) is 9.13. The van der Waals surface area contributed by atoms with Gasteiger partial charge in [0.1, 0.15) is 0 Å². The third kappa shape index (κ3) is 4.84. The van der Waals surface area contributed by atoms with E-state index in [0.717, 1.165) is 11.1 Å². The number of thioether (sulfide) groups is 1. The summed E-state index contributed by atoms with van der Waals surface area (Å²) in [6.07, 6.45) is 0. The highest BCUT2D eigenvalue weighted by Crippen LogP contribution is 2.19. The normalized spacial score (nSPS) is 11.9. The molecule has 128 valence electrons. The van der Waals surface area contributed by atoms with Crippen LogP contribution < -0.4 is 5.32 Å². The molecule has 0 fully saturated rings. The van der Waals surface area contributed by atoms with Crippen LogP contribution in [-0.2, 0) is 4.79 Å². The van der Waals surface area contributed by atoms with E-state index in [0.29, 0.717) is 16.0 Å². The van der Waals surface area contributed by atoms with Gasteiger partial charge in [-0.15, -0.1) is 5.10 Å². The number of carbonyl (C=O) groups excluding carboxylic acids is 1. The molecule has 2 aromatic carbocycles. The maximum Gasteiger partial charge on any atom is 0.230 e. The summed E-state index contributed by atoms with van der Waals surface area (Å²) in [5, 5.41) is 11.2. The van der Waals surface area contributed by atoms with E-state index in [2.05, 4.69) is 20.5 Å². The number of rotatable bonds is 6. The van der Waals surface area contributed by atoms with Gasteiger partial charge in [0.15, 0.2) is 5.82 Å². The van der Waals surface area contributed by atoms with Crippen LogP contribution in [0.1, 0.15) is 18.5 Å². The van der Waals surface area contributed by atoms with E-state index in [1.807, 2.05) is 61.5 Å². The molecule has 0 unspecified atom stereocenters. The molecule has 1 amide bonds. The highest BCUT2D eigenvalue weighted by atomic mass is 35.5. The first-order chi connectivity index (χ1) is 12.1. The van der Waals surface area contributed by atoms with Crippen molar-refractivity contribution in [2.45, 2.75) is 18.1 Å². The van der Waals surface area contributed by atoms with E-state index in [1.165, 1.54) is 11.8 Å². The number of hydrogen-bond donors (Lipinski definition) is 2. The number of nitrogens with one attached hydrogen (secondary N) is 2. The van der Waals surface area contributed by atoms with Crippen LogP contribution in [0.4, 0.5) is 0 Å². The Hall–Kier alpha value is -2.31. The summed E-state index contributed by atoms with van der Waals surface area (Å²) in [7, 11) is 0. The number of benzene rings is 2. The number of amides is 1. The Morgan fingerprint density at radius 1 is 1.20 bits per heavy atom. The summed E-state index contributed by atoms with van der Waals surface area (Å²) in [6, 6.07) is 17.1. The van der Waals surface area contributed by atoms with E-state index in [1.54, 1.807) is 0 Å². The van der Waals surface area contributed by atoms with Gasteiger partial charge in [-0.05, 0) is 24.6 Å². The lowest BCUT2D eigenvalue weighted by Crippen LogP contribution is -2.28. The largest absolute Gasteiger partial charge is 0.349 e. The van der Waals surface area contributed by atoms with Crippen molar-refractivity contribution in [1.82, 2.24) is 20.5 Å². The third-order valence-electron chi connectivity index (χ3n) is 3.59. The Morgan fingerprint density at radius 2 is 1.92 bits per heavy atom. The molecule has 0 aliphatic rings. The standard InChI is InChI=1S/C18H17ClN4OS/c1-12(13-7-9-15(19)10-8-13)20-16(24)11-25-18-21-17(22-23-18)14-5-3-2-4-6-14/h2-10,12H,11H2,1H3,(H,20,24)(H,21,22,23)/t12-/m0/s1. The zero-order chi connectivity index (χ0) is 17.6. The minimum Gasteiger partial charge on any atom is -0.349 e. The van der Waals surface area contributed by atoms with Crippen LogP contribution >= 0.6 is 23.4 Å². The number of aromatic amines is 1. The Kier molecular flexibility index (Phi) is 5.73. The van der Waals surface area contributed by atoms with Gasteiger partial charge in [0.2, 0.25) is 11.1 Å². The number of nitrogens with zero attached hydrogens (tertiary/aromatic N) is 2. The maximum atomic E-state index is 12.1. The fourth-order valence-corrected chi connectivity index (χ4v) is 3.02. The second-order valence-electron chi connectivity index (χ2n) is 5.46. The van der Waals surface area contributed by atoms with Gasteiger partial charge in [0, 0.05) is 10.6 Å². The molecule has 0 saturated heterocycles. The van der Waals surface area contributed by atoms with E-state index in [4.69, 9.17) is 11.6 Å². The first kappa shape index (κ1) is 17.5. The van der Waals surface area contributed by atoms with Gasteiger partial charge in [-0.2, -0.15) is 0 Å². The average Bonchev–Trinajstić information content (AvgIpc) is 3.10. The lowest BCUT2D eigenvalue weighted by molar-refractivity contribution is -0.119. The molecule has 0 aliphatic heterocycles. The topological polar surface area (TPSA) is 70.7 Å². The number of halogens is 1. The van der Waals surface area contributed by atoms with Crippen molar-refractivity contribution in [3.8, 4) is 11.4 Å². The van der Waals surface area contributed by atoms with Gasteiger partial charge < -0.3 is 5.32 Å². The predicted octanol–water partition coefficient (Wildman–Crippen LogP) is 4.09. The van der Waals surface area contributed by atoms with Gasteiger partial charge in [-0.3, -0.25) is 9.89 Å². The lowest BCUT2D eigenvalue weighted by atomic mass is 10.1. The summed E-state index contributed by atoms with van der Waals surface area (Å²) in [4.78, 5) is 16.5. The van der Waals surface area contributed by atoms with Crippen LogP contribution in [0.15, 0.2) is 59.8 Å². The Morgan fingerprint density at radius 3 is 2.64 bits per heavy atom. The monoisotopic (exact) mass is 372 g/mol. The van der Waals surface area contributed by atoms with E-state index < -0.39 is 0 Å². The highest BCUT2D eigenvalue weighted by Gasteiger charge is 2.12. The van der Waals surface area contributed by atoms with E-state index in [-0.39, 0.29) is 17.7 Å². The summed E-state index contributed by atoms with van der Waals surface area (Å²) in [6.45, 7) is 1.94. The van der Waals surface area contributed by atoms with Crippen molar-refractivity contribution in [2.24, 2.45) is 0 Å². The van der Waals surface area contributed by atoms with Gasteiger partial charge in [0.25, 0.3) is 0 Å². The second-order valence-corrected chi connectivity index (χ2v) is 6.84. The summed E-state index contributed by atoms with van der Waals surface area (Å²) in [5.41, 5.74) is 1.97. The fraction of sp³-hybridized carbons (Fsp3) is 0.167. The summed E-state index contributed by atoms with van der Waals surface area (Å²) >= 11 is 7.18. The number of carbonyl (C=O) groups is 1. The van der Waals surface area contributed by atoms with Gasteiger partial charge >= 0.3 is 0 Å². The molecular weight excluding hydrogens is 356 g/mol. The molecule has 0 radical (unpaired) electrons. The van der Waals surface area contributed by atoms with Crippen molar-refractivity contribution >= 4 is 29.3 Å². The minimum atomic E-state index is -0.0858. The Labute approximate surface area is 155 Å². The molecule has 0 bridgehead atoms. The van der Waals surface area contributed by atoms with Crippen molar-refractivity contribution in [2.75, 3.05) is 5.75 Å². The quantitative estimate of drug-likeness (QED) is 0.639. The fourth-order valence-electron chi connectivity index (χ4n) is 2.28. The predicted molar refractivity (Wildman–Crippen MR) is 101 cm³/mol. The van der Waals surface area contributed by atoms with Crippen LogP contribution in [0.25, 0.3) is 11.4 Å². The zero-order valence-electron chi connectivity index (χ0n) is 13.6. The van der Waals surface area contributed by atoms with Crippen molar-refractivity contribution in [1.29, 1.82) is 0 Å². The maximum absolute atomic E-state index is 12.1. The molecule has 1 aromatic heterocycles. The van der Waals surface area contributed by atoms with Crippen molar-refractivity contribution in [3.05, 3.63) is 65.2 Å². The van der Waals surface area contributed by atoms with E-state index in [9.17, 15) is 4.79 Å². The summed E-state index contributed by atoms with van der Waals surface area (Å²) < 4.78 is 0. The van der Waals surface area contributed by atoms with Crippen molar-refractivity contribution < 1.29 is 4.79 Å². The van der Waals surface area contributed by atoms with Gasteiger partial charge in [-0.25, -0.2) is 4.98 Å². The number of H-pyrrole nitrogens is 1. The van der Waals surface area contributed by atoms with Gasteiger partial charge in [-0.1, -0.05) is 65.8 Å². The summed E-state index contributed by atoms with van der Waals surface area (Å²) in [5.74, 6) is 0.876. The Bertz CT molecular complexity index is 836. The van der Waals surface area contributed by atoms with Crippen LogP contribution in [0, 0.1) is 0 Å². The first-order valence-electron chi connectivity index (χ1n) is 7.77. The average molecular weight is 373 g/mol. The molecule has 3 aromatic rings. The molecule has 2 N–H and O–H groups in total. The van der Waals surface area contributed by atoms with Crippen molar-refractivity contribution in [3.63, 3.8) is 0 Å². The molecule has 0 saturated carbocycles. The molecule has 7 heteroatoms. The smallest absolute Gasteiger partial charge is 0.230 e. The molecule has 0 spiro atoms. The molecule has 5 nitrogen and oxygen atoms in total. The third-order valence-corrected chi connectivity index (χ3v) is 4.69. The molecule has 0 aliphatic carbocycles. The zero-order valence-corrected chi connectivity index (χ0v) is 15.1. The molecular formula is C18H17ClN4OS. The SMILES string of the molecule is C[C@H](NC(=O)CSc1n[nH]c(-c2ccccc2)n1)c1ccc(Cl)cc1. The lowest BCUT2D eigenvalue weighted by Gasteiger charge is -2.13. The van der Waals surface area contributed by atoms with Crippen LogP contribution in [0.3, 0.4) is 0 Å². The molecule has 1 atom stereocenters. The minimum absolute atomic E-state index is 0.0708. The number of hydrogen-bond acceptors (Lipinski definition) is 4. The highest BCUT2D eigenvalue weighted by molar-refractivity contribution is 7.99. The van der Waals surface area contributed by atoms with E-state index >= 15 is 0 Å². The van der Waals surface area contributed by atoms with Crippen LogP contribution in [0.5, 0.6) is 0 Å². The molecule has 3 rings (SSSR count). The second kappa shape index (κ2) is 8.18. The van der Waals surface area contributed by atoms with Gasteiger partial charge in [0.05, 0.1) is 11.8 Å². The molecule has 25 heavy (non-hydrogen) atoms. The Balaban J connectivity index is 1.52. The van der Waals surface area contributed by atoms with Crippen LogP contribution in [-0.4, -0.2) is 26.8 Å². The van der Waals surface area contributed by atoms with Crippen LogP contribution in [0.2, 0.25) is 5.02 Å². The number of aromatic nitrogens is 3.